The summed E-state index contributed by atoms with van der Waals surface area (Å²) in [5.74, 6) is -2.00. The smallest absolute Gasteiger partial charge is 0.312 e. The number of nitrogens with one attached hydrogen (secondary N) is 1. The van der Waals surface area contributed by atoms with Crippen molar-refractivity contribution in [1.29, 1.82) is 0 Å². The van der Waals surface area contributed by atoms with Gasteiger partial charge < -0.3 is 10.4 Å². The van der Waals surface area contributed by atoms with Crippen molar-refractivity contribution in [3.8, 4) is 0 Å². The van der Waals surface area contributed by atoms with Gasteiger partial charge in [-0.1, -0.05) is 30.3 Å². The molecule has 1 heterocycles. The van der Waals surface area contributed by atoms with Crippen LogP contribution in [0.1, 0.15) is 11.5 Å². The Morgan fingerprint density at radius 1 is 1.26 bits per heavy atom. The molecule has 19 heavy (non-hydrogen) atoms. The number of carboxylic acid groups (broad SMARTS) is 1. The molecule has 2 rings (SSSR count). The van der Waals surface area contributed by atoms with Crippen LogP contribution < -0.4 is 5.32 Å². The molecule has 0 amide bonds. The van der Waals surface area contributed by atoms with Crippen LogP contribution in [-0.4, -0.2) is 27.6 Å². The molecule has 0 spiro atoms. The fourth-order valence-electron chi connectivity index (χ4n) is 1.63. The lowest BCUT2D eigenvalue weighted by Crippen LogP contribution is -2.21. The SMILES string of the molecule is O=C(O)C(CNc1ncc(F)cn1)c1ccccc1. The average molecular weight is 261 g/mol. The van der Waals surface area contributed by atoms with Gasteiger partial charge in [-0.3, -0.25) is 4.79 Å². The molecule has 0 aliphatic carbocycles. The third kappa shape index (κ3) is 3.48. The number of carboxylic acids is 1. The fourth-order valence-corrected chi connectivity index (χ4v) is 1.63. The molecule has 1 aromatic carbocycles. The molecule has 1 atom stereocenters. The van der Waals surface area contributed by atoms with Gasteiger partial charge in [-0.05, 0) is 5.56 Å². The molecule has 6 heteroatoms. The number of aromatic nitrogens is 2. The first-order chi connectivity index (χ1) is 9.16. The van der Waals surface area contributed by atoms with Crippen molar-refractivity contribution in [2.75, 3.05) is 11.9 Å². The predicted molar refractivity (Wildman–Crippen MR) is 67.3 cm³/mol. The number of nitrogens with zero attached hydrogens (tertiary/aromatic N) is 2. The minimum Gasteiger partial charge on any atom is -0.481 e. The van der Waals surface area contributed by atoms with Crippen LogP contribution in [0, 0.1) is 5.82 Å². The Hall–Kier alpha value is -2.50. The maximum absolute atomic E-state index is 12.6. The van der Waals surface area contributed by atoms with Crippen molar-refractivity contribution < 1.29 is 14.3 Å². The number of anilines is 1. The van der Waals surface area contributed by atoms with E-state index in [1.165, 1.54) is 0 Å². The summed E-state index contributed by atoms with van der Waals surface area (Å²) in [7, 11) is 0. The molecular formula is C13H12FN3O2. The number of hydrogen-bond donors (Lipinski definition) is 2. The zero-order chi connectivity index (χ0) is 13.7. The highest BCUT2D eigenvalue weighted by Gasteiger charge is 2.19. The van der Waals surface area contributed by atoms with Gasteiger partial charge in [-0.2, -0.15) is 0 Å². The standard InChI is InChI=1S/C13H12FN3O2/c14-10-6-15-13(16-7-10)17-8-11(12(18)19)9-4-2-1-3-5-9/h1-7,11H,8H2,(H,18,19)(H,15,16,17). The van der Waals surface area contributed by atoms with Crippen molar-refractivity contribution >= 4 is 11.9 Å². The monoisotopic (exact) mass is 261 g/mol. The molecule has 0 aliphatic heterocycles. The van der Waals surface area contributed by atoms with Crippen LogP contribution in [-0.2, 0) is 4.79 Å². The van der Waals surface area contributed by atoms with Crippen molar-refractivity contribution in [2.24, 2.45) is 0 Å². The molecule has 1 unspecified atom stereocenters. The predicted octanol–water partition coefficient (Wildman–Crippen LogP) is 1.90. The quantitative estimate of drug-likeness (QED) is 0.859. The molecule has 0 radical (unpaired) electrons. The maximum Gasteiger partial charge on any atom is 0.312 e. The third-order valence-corrected chi connectivity index (χ3v) is 2.58. The lowest BCUT2D eigenvalue weighted by molar-refractivity contribution is -0.138. The number of benzene rings is 1. The summed E-state index contributed by atoms with van der Waals surface area (Å²) < 4.78 is 12.6. The van der Waals surface area contributed by atoms with E-state index in [1.54, 1.807) is 24.3 Å². The Kier molecular flexibility index (Phi) is 4.02. The van der Waals surface area contributed by atoms with Crippen LogP contribution in [0.5, 0.6) is 0 Å². The highest BCUT2D eigenvalue weighted by atomic mass is 19.1. The van der Waals surface area contributed by atoms with Crippen molar-refractivity contribution in [2.45, 2.75) is 5.92 Å². The Balaban J connectivity index is 2.06. The van der Waals surface area contributed by atoms with Gasteiger partial charge in [0.05, 0.1) is 18.3 Å². The molecule has 98 valence electrons. The number of halogens is 1. The molecule has 2 N–H and O–H groups in total. The topological polar surface area (TPSA) is 75.1 Å². The van der Waals surface area contributed by atoms with Crippen LogP contribution in [0.3, 0.4) is 0 Å². The molecule has 5 nitrogen and oxygen atoms in total. The summed E-state index contributed by atoms with van der Waals surface area (Å²) in [6.45, 7) is 0.130. The van der Waals surface area contributed by atoms with Gasteiger partial charge >= 0.3 is 5.97 Å². The molecule has 0 bridgehead atoms. The van der Waals surface area contributed by atoms with E-state index in [2.05, 4.69) is 15.3 Å². The summed E-state index contributed by atoms with van der Waals surface area (Å²) >= 11 is 0. The number of carbonyl (C=O) groups is 1. The number of hydrogen-bond acceptors (Lipinski definition) is 4. The fraction of sp³-hybridized carbons (Fsp3) is 0.154. The van der Waals surface area contributed by atoms with E-state index < -0.39 is 17.7 Å². The van der Waals surface area contributed by atoms with Crippen molar-refractivity contribution in [1.82, 2.24) is 9.97 Å². The van der Waals surface area contributed by atoms with E-state index in [1.807, 2.05) is 6.07 Å². The van der Waals surface area contributed by atoms with E-state index in [4.69, 9.17) is 0 Å². The van der Waals surface area contributed by atoms with Crippen molar-refractivity contribution in [3.63, 3.8) is 0 Å². The zero-order valence-electron chi connectivity index (χ0n) is 9.95. The van der Waals surface area contributed by atoms with E-state index in [0.29, 0.717) is 5.56 Å². The first-order valence-corrected chi connectivity index (χ1v) is 5.66. The van der Waals surface area contributed by atoms with Gasteiger partial charge in [0.15, 0.2) is 5.82 Å². The first kappa shape index (κ1) is 12.9. The largest absolute Gasteiger partial charge is 0.481 e. The summed E-state index contributed by atoms with van der Waals surface area (Å²) in [5.41, 5.74) is 0.685. The molecule has 0 saturated carbocycles. The van der Waals surface area contributed by atoms with Crippen LogP contribution >= 0.6 is 0 Å². The van der Waals surface area contributed by atoms with Gasteiger partial charge in [-0.25, -0.2) is 14.4 Å². The number of aliphatic carboxylic acids is 1. The zero-order valence-corrected chi connectivity index (χ0v) is 9.95. The summed E-state index contributed by atoms with van der Waals surface area (Å²) in [6.07, 6.45) is 2.04. The molecule has 0 fully saturated rings. The van der Waals surface area contributed by atoms with E-state index in [9.17, 15) is 14.3 Å². The van der Waals surface area contributed by atoms with E-state index in [0.717, 1.165) is 12.4 Å². The highest BCUT2D eigenvalue weighted by molar-refractivity contribution is 5.76. The van der Waals surface area contributed by atoms with Crippen molar-refractivity contribution in [3.05, 3.63) is 54.1 Å². The minimum absolute atomic E-state index is 0.130. The molecule has 2 aromatic rings. The van der Waals surface area contributed by atoms with Crippen LogP contribution in [0.25, 0.3) is 0 Å². The first-order valence-electron chi connectivity index (χ1n) is 5.66. The van der Waals surface area contributed by atoms with Crippen LogP contribution in [0.4, 0.5) is 10.3 Å². The maximum atomic E-state index is 12.6. The molecule has 1 aromatic heterocycles. The normalized spacial score (nSPS) is 11.8. The van der Waals surface area contributed by atoms with E-state index in [-0.39, 0.29) is 12.5 Å². The second kappa shape index (κ2) is 5.90. The Bertz CT molecular complexity index is 546. The molecular weight excluding hydrogens is 249 g/mol. The lowest BCUT2D eigenvalue weighted by atomic mass is 9.99. The summed E-state index contributed by atoms with van der Waals surface area (Å²) in [5, 5.41) is 12.0. The van der Waals surface area contributed by atoms with Gasteiger partial charge in [0, 0.05) is 6.54 Å². The average Bonchev–Trinajstić information content (AvgIpc) is 2.42. The van der Waals surface area contributed by atoms with Crippen LogP contribution in [0.15, 0.2) is 42.7 Å². The Morgan fingerprint density at radius 2 is 1.89 bits per heavy atom. The third-order valence-electron chi connectivity index (χ3n) is 2.58. The molecule has 0 saturated heterocycles. The number of rotatable bonds is 5. The lowest BCUT2D eigenvalue weighted by Gasteiger charge is -2.13. The second-order valence-electron chi connectivity index (χ2n) is 3.91. The highest BCUT2D eigenvalue weighted by Crippen LogP contribution is 2.16. The van der Waals surface area contributed by atoms with Gasteiger partial charge in [-0.15, -0.1) is 0 Å². The Labute approximate surface area is 109 Å². The van der Waals surface area contributed by atoms with E-state index >= 15 is 0 Å². The molecule has 0 aliphatic rings. The van der Waals surface area contributed by atoms with Gasteiger partial charge in [0.2, 0.25) is 5.95 Å². The Morgan fingerprint density at radius 3 is 2.47 bits per heavy atom. The van der Waals surface area contributed by atoms with Gasteiger partial charge in [0.1, 0.15) is 0 Å². The minimum atomic E-state index is -0.944. The van der Waals surface area contributed by atoms with Crippen LogP contribution in [0.2, 0.25) is 0 Å². The second-order valence-corrected chi connectivity index (χ2v) is 3.91. The van der Waals surface area contributed by atoms with Gasteiger partial charge in [0.25, 0.3) is 0 Å². The summed E-state index contributed by atoms with van der Waals surface area (Å²) in [4.78, 5) is 18.7. The summed E-state index contributed by atoms with van der Waals surface area (Å²) in [6, 6.07) is 8.86.